The summed E-state index contributed by atoms with van der Waals surface area (Å²) in [5.41, 5.74) is 4.68. The number of carbonyl (C=O) groups is 3. The van der Waals surface area contributed by atoms with Crippen LogP contribution in [0.3, 0.4) is 0 Å². The van der Waals surface area contributed by atoms with E-state index in [0.29, 0.717) is 19.3 Å². The lowest BCUT2D eigenvalue weighted by molar-refractivity contribution is -0.144. The highest BCUT2D eigenvalue weighted by atomic mass is 16.5. The molecule has 3 N–H and O–H groups in total. The Bertz CT molecular complexity index is 1050. The molecular weight excluding hydrogens is 444 g/mol. The van der Waals surface area contributed by atoms with Crippen molar-refractivity contribution in [1.82, 2.24) is 10.6 Å². The van der Waals surface area contributed by atoms with Crippen molar-refractivity contribution in [3.05, 3.63) is 59.7 Å². The van der Waals surface area contributed by atoms with Gasteiger partial charge in [0.05, 0.1) is 5.92 Å². The predicted molar refractivity (Wildman–Crippen MR) is 133 cm³/mol. The minimum absolute atomic E-state index is 0.000111. The van der Waals surface area contributed by atoms with Crippen molar-refractivity contribution in [2.45, 2.75) is 58.0 Å². The number of hydrogen-bond acceptors (Lipinski definition) is 4. The third-order valence-corrected chi connectivity index (χ3v) is 7.38. The minimum Gasteiger partial charge on any atom is -0.481 e. The van der Waals surface area contributed by atoms with Crippen LogP contribution in [-0.2, 0) is 14.3 Å². The minimum atomic E-state index is -0.908. The number of alkyl carbamates (subject to hydrolysis) is 1. The zero-order valence-corrected chi connectivity index (χ0v) is 20.5. The molecule has 0 saturated heterocycles. The summed E-state index contributed by atoms with van der Waals surface area (Å²) in [5.74, 6) is -2.04. The van der Waals surface area contributed by atoms with Crippen LogP contribution in [0.15, 0.2) is 48.5 Å². The second-order valence-electron chi connectivity index (χ2n) is 10.1. The summed E-state index contributed by atoms with van der Waals surface area (Å²) in [6, 6.07) is 15.8. The topological polar surface area (TPSA) is 105 Å². The molecule has 4 rings (SSSR count). The maximum Gasteiger partial charge on any atom is 0.407 e. The van der Waals surface area contributed by atoms with Crippen molar-refractivity contribution in [3.8, 4) is 11.1 Å². The molecule has 0 bridgehead atoms. The number of hydrogen-bond donors (Lipinski definition) is 3. The van der Waals surface area contributed by atoms with Crippen LogP contribution in [0.2, 0.25) is 0 Å². The van der Waals surface area contributed by atoms with E-state index in [2.05, 4.69) is 34.9 Å². The molecule has 186 valence electrons. The molecule has 0 spiro atoms. The Kier molecular flexibility index (Phi) is 7.43. The molecule has 0 aromatic heterocycles. The van der Waals surface area contributed by atoms with Crippen molar-refractivity contribution in [3.63, 3.8) is 0 Å². The van der Waals surface area contributed by atoms with Crippen LogP contribution < -0.4 is 10.6 Å². The lowest BCUT2D eigenvalue weighted by atomic mass is 9.89. The Morgan fingerprint density at radius 2 is 1.57 bits per heavy atom. The summed E-state index contributed by atoms with van der Waals surface area (Å²) in [6.07, 6.45) is 1.37. The molecule has 0 heterocycles. The van der Waals surface area contributed by atoms with Crippen molar-refractivity contribution < 1.29 is 24.2 Å². The molecule has 2 aromatic carbocycles. The second kappa shape index (κ2) is 10.5. The van der Waals surface area contributed by atoms with Gasteiger partial charge in [0.1, 0.15) is 6.61 Å². The first-order chi connectivity index (χ1) is 16.8. The largest absolute Gasteiger partial charge is 0.481 e. The summed E-state index contributed by atoms with van der Waals surface area (Å²) in [6.45, 7) is 5.66. The Hall–Kier alpha value is -3.35. The highest BCUT2D eigenvalue weighted by molar-refractivity contribution is 5.81. The molecule has 1 saturated carbocycles. The van der Waals surface area contributed by atoms with E-state index in [9.17, 15) is 19.5 Å². The van der Waals surface area contributed by atoms with Crippen molar-refractivity contribution in [2.24, 2.45) is 17.8 Å². The monoisotopic (exact) mass is 478 g/mol. The van der Waals surface area contributed by atoms with Gasteiger partial charge in [0.2, 0.25) is 5.91 Å². The lowest BCUT2D eigenvalue weighted by Crippen LogP contribution is -2.45. The van der Waals surface area contributed by atoms with E-state index >= 15 is 0 Å². The molecular formula is C28H34N2O5. The zero-order chi connectivity index (χ0) is 25.1. The van der Waals surface area contributed by atoms with Crippen molar-refractivity contribution in [2.75, 3.05) is 6.61 Å². The summed E-state index contributed by atoms with van der Waals surface area (Å²) < 4.78 is 5.63. The van der Waals surface area contributed by atoms with Crippen LogP contribution in [0.25, 0.3) is 11.1 Å². The van der Waals surface area contributed by atoms with Crippen LogP contribution in [0.4, 0.5) is 4.79 Å². The average molecular weight is 479 g/mol. The van der Waals surface area contributed by atoms with E-state index in [1.165, 1.54) is 11.1 Å². The second-order valence-corrected chi connectivity index (χ2v) is 10.1. The first kappa shape index (κ1) is 24.8. The van der Waals surface area contributed by atoms with Gasteiger partial charge < -0.3 is 20.5 Å². The molecule has 2 amide bonds. The number of nitrogens with one attached hydrogen (secondary N) is 2. The first-order valence-electron chi connectivity index (χ1n) is 12.4. The molecule has 35 heavy (non-hydrogen) atoms. The number of carbonyl (C=O) groups excluding carboxylic acids is 2. The maximum absolute atomic E-state index is 12.7. The molecule has 4 atom stereocenters. The van der Waals surface area contributed by atoms with Gasteiger partial charge in [-0.25, -0.2) is 4.79 Å². The van der Waals surface area contributed by atoms with E-state index < -0.39 is 24.0 Å². The van der Waals surface area contributed by atoms with Gasteiger partial charge in [-0.3, -0.25) is 9.59 Å². The highest BCUT2D eigenvalue weighted by Gasteiger charge is 2.35. The average Bonchev–Trinajstić information content (AvgIpc) is 3.40. The third-order valence-electron chi connectivity index (χ3n) is 7.38. The maximum atomic E-state index is 12.7. The highest BCUT2D eigenvalue weighted by Crippen LogP contribution is 2.44. The summed E-state index contributed by atoms with van der Waals surface area (Å²) in [7, 11) is 0. The van der Waals surface area contributed by atoms with E-state index in [-0.39, 0.29) is 36.3 Å². The van der Waals surface area contributed by atoms with E-state index in [0.717, 1.165) is 11.1 Å². The standard InChI is InChI=1S/C28H34N2O5/c1-16(2)25(27(32)33)17(3)29-26(31)18-12-13-19(14-18)30-28(34)35-15-24-22-10-6-4-8-20(22)21-9-5-7-11-23(21)24/h4-11,16-19,24-25H,12-15H2,1-3H3,(H,29,31)(H,30,34)(H,32,33). The quantitative estimate of drug-likeness (QED) is 0.516. The molecule has 0 aliphatic heterocycles. The number of carboxylic acid groups (broad SMARTS) is 1. The van der Waals surface area contributed by atoms with Crippen LogP contribution in [0.1, 0.15) is 57.1 Å². The molecule has 2 aromatic rings. The molecule has 0 radical (unpaired) electrons. The van der Waals surface area contributed by atoms with Gasteiger partial charge in [-0.1, -0.05) is 62.4 Å². The molecule has 7 heteroatoms. The fourth-order valence-electron chi connectivity index (χ4n) is 5.67. The Balaban J connectivity index is 1.28. The Morgan fingerprint density at radius 1 is 0.971 bits per heavy atom. The smallest absolute Gasteiger partial charge is 0.407 e. The normalized spacial score (nSPS) is 20.6. The van der Waals surface area contributed by atoms with Crippen LogP contribution in [0.5, 0.6) is 0 Å². The van der Waals surface area contributed by atoms with Gasteiger partial charge in [-0.05, 0) is 54.4 Å². The summed E-state index contributed by atoms with van der Waals surface area (Å²) in [4.78, 5) is 36.8. The first-order valence-corrected chi connectivity index (χ1v) is 12.4. The third kappa shape index (κ3) is 5.34. The van der Waals surface area contributed by atoms with E-state index in [1.807, 2.05) is 38.1 Å². The number of fused-ring (bicyclic) bond motifs is 3. The molecule has 1 fully saturated rings. The number of amides is 2. The van der Waals surface area contributed by atoms with Gasteiger partial charge in [0.25, 0.3) is 0 Å². The SMILES string of the molecule is CC(C)C(C(=O)O)C(C)NC(=O)C1CCC(NC(=O)OCC2c3ccccc3-c3ccccc32)C1. The van der Waals surface area contributed by atoms with Crippen LogP contribution >= 0.6 is 0 Å². The fourth-order valence-corrected chi connectivity index (χ4v) is 5.67. The van der Waals surface area contributed by atoms with Gasteiger partial charge in [-0.2, -0.15) is 0 Å². The number of benzene rings is 2. The van der Waals surface area contributed by atoms with Crippen LogP contribution in [0, 0.1) is 17.8 Å². The van der Waals surface area contributed by atoms with E-state index in [1.54, 1.807) is 6.92 Å². The van der Waals surface area contributed by atoms with Crippen molar-refractivity contribution in [1.29, 1.82) is 0 Å². The molecule has 4 unspecified atom stereocenters. The summed E-state index contributed by atoms with van der Waals surface area (Å²) in [5, 5.41) is 15.2. The fraction of sp³-hybridized carbons (Fsp3) is 0.464. The molecule has 7 nitrogen and oxygen atoms in total. The van der Waals surface area contributed by atoms with Crippen LogP contribution in [-0.4, -0.2) is 41.8 Å². The van der Waals surface area contributed by atoms with Gasteiger partial charge in [0, 0.05) is 23.9 Å². The lowest BCUT2D eigenvalue weighted by Gasteiger charge is -2.25. The number of ether oxygens (including phenoxy) is 1. The number of aliphatic carboxylic acids is 1. The number of rotatable bonds is 8. The van der Waals surface area contributed by atoms with E-state index in [4.69, 9.17) is 4.74 Å². The number of carboxylic acids is 1. The Morgan fingerprint density at radius 3 is 2.14 bits per heavy atom. The summed E-state index contributed by atoms with van der Waals surface area (Å²) >= 11 is 0. The molecule has 2 aliphatic carbocycles. The molecule has 2 aliphatic rings. The van der Waals surface area contributed by atoms with Gasteiger partial charge in [-0.15, -0.1) is 0 Å². The predicted octanol–water partition coefficient (Wildman–Crippen LogP) is 4.56. The Labute approximate surface area is 206 Å². The van der Waals surface area contributed by atoms with Gasteiger partial charge >= 0.3 is 12.1 Å². The van der Waals surface area contributed by atoms with Crippen molar-refractivity contribution >= 4 is 18.0 Å². The van der Waals surface area contributed by atoms with Gasteiger partial charge in [0.15, 0.2) is 0 Å². The zero-order valence-electron chi connectivity index (χ0n) is 20.5.